The highest BCUT2D eigenvalue weighted by Crippen LogP contribution is 2.35. The molecule has 1 fully saturated rings. The molecule has 190 valence electrons. The Balaban J connectivity index is 1.96. The Hall–Kier alpha value is -2.77. The lowest BCUT2D eigenvalue weighted by atomic mass is 9.92. The number of halogens is 1. The monoisotopic (exact) mass is 501 g/mol. The fourth-order valence-electron chi connectivity index (χ4n) is 4.52. The fourth-order valence-corrected chi connectivity index (χ4v) is 4.65. The molecule has 2 aromatic rings. The van der Waals surface area contributed by atoms with Gasteiger partial charge in [-0.2, -0.15) is 0 Å². The second-order valence-corrected chi connectivity index (χ2v) is 9.89. The molecule has 3 rings (SSSR count). The van der Waals surface area contributed by atoms with Crippen molar-refractivity contribution >= 4 is 40.7 Å². The number of carbonyl (C=O) groups is 2. The molecule has 1 aliphatic rings. The lowest BCUT2D eigenvalue weighted by molar-refractivity contribution is -0.137. The van der Waals surface area contributed by atoms with Gasteiger partial charge >= 0.3 is 12.0 Å². The van der Waals surface area contributed by atoms with Gasteiger partial charge in [-0.3, -0.25) is 4.79 Å². The number of carboxylic acid groups (broad SMARTS) is 1. The quantitative estimate of drug-likeness (QED) is 0.341. The number of amides is 2. The summed E-state index contributed by atoms with van der Waals surface area (Å²) >= 11 is 5.96. The summed E-state index contributed by atoms with van der Waals surface area (Å²) in [5.74, 6) is -0.550. The van der Waals surface area contributed by atoms with Crippen LogP contribution in [0.4, 0.5) is 21.9 Å². The lowest BCUT2D eigenvalue weighted by Crippen LogP contribution is -2.42. The molecule has 0 saturated carbocycles. The van der Waals surface area contributed by atoms with Crippen molar-refractivity contribution < 1.29 is 19.4 Å². The van der Waals surface area contributed by atoms with Crippen LogP contribution in [0, 0.1) is 5.92 Å². The van der Waals surface area contributed by atoms with E-state index >= 15 is 0 Å². The number of ether oxygens (including phenoxy) is 1. The van der Waals surface area contributed by atoms with Crippen molar-refractivity contribution in [2.75, 3.05) is 35.3 Å². The molecule has 7 nitrogen and oxygen atoms in total. The number of aliphatic carboxylic acids is 1. The molecule has 0 bridgehead atoms. The summed E-state index contributed by atoms with van der Waals surface area (Å²) in [6, 6.07) is 12.8. The zero-order valence-corrected chi connectivity index (χ0v) is 21.5. The summed E-state index contributed by atoms with van der Waals surface area (Å²) in [4.78, 5) is 26.8. The number of hydrogen-bond donors (Lipinski definition) is 3. The van der Waals surface area contributed by atoms with Gasteiger partial charge in [-0.15, -0.1) is 0 Å². The Kier molecular flexibility index (Phi) is 9.81. The molecule has 2 amide bonds. The fraction of sp³-hybridized carbons (Fsp3) is 0.481. The first-order chi connectivity index (χ1) is 16.8. The second kappa shape index (κ2) is 12.8. The van der Waals surface area contributed by atoms with Gasteiger partial charge in [-0.1, -0.05) is 38.4 Å². The number of carboxylic acids is 1. The van der Waals surface area contributed by atoms with Gasteiger partial charge in [0.15, 0.2) is 0 Å². The van der Waals surface area contributed by atoms with Gasteiger partial charge in [0.25, 0.3) is 0 Å². The Morgan fingerprint density at radius 2 is 1.80 bits per heavy atom. The first-order valence-electron chi connectivity index (χ1n) is 12.3. The van der Waals surface area contributed by atoms with Crippen molar-refractivity contribution in [2.45, 2.75) is 58.4 Å². The second-order valence-electron chi connectivity index (χ2n) is 9.46. The molecule has 0 aromatic heterocycles. The van der Waals surface area contributed by atoms with Crippen LogP contribution in [0.2, 0.25) is 5.02 Å². The maximum absolute atomic E-state index is 13.0. The van der Waals surface area contributed by atoms with E-state index in [1.807, 2.05) is 25.1 Å². The topological polar surface area (TPSA) is 90.9 Å². The highest BCUT2D eigenvalue weighted by molar-refractivity contribution is 6.30. The number of nitrogens with zero attached hydrogens (tertiary/aromatic N) is 1. The molecule has 0 spiro atoms. The first-order valence-corrected chi connectivity index (χ1v) is 12.7. The van der Waals surface area contributed by atoms with Crippen molar-refractivity contribution in [3.05, 3.63) is 53.1 Å². The Morgan fingerprint density at radius 1 is 1.11 bits per heavy atom. The van der Waals surface area contributed by atoms with E-state index in [1.54, 1.807) is 24.3 Å². The maximum atomic E-state index is 13.0. The smallest absolute Gasteiger partial charge is 0.323 e. The van der Waals surface area contributed by atoms with E-state index in [0.29, 0.717) is 48.0 Å². The van der Waals surface area contributed by atoms with Crippen molar-refractivity contribution in [1.82, 2.24) is 0 Å². The largest absolute Gasteiger partial charge is 0.481 e. The predicted molar refractivity (Wildman–Crippen MR) is 142 cm³/mol. The van der Waals surface area contributed by atoms with Crippen LogP contribution < -0.4 is 15.5 Å². The molecule has 1 unspecified atom stereocenters. The Labute approximate surface area is 212 Å². The van der Waals surface area contributed by atoms with Gasteiger partial charge < -0.3 is 25.4 Å². The van der Waals surface area contributed by atoms with E-state index in [4.69, 9.17) is 16.3 Å². The molecule has 2 aromatic carbocycles. The molecule has 1 saturated heterocycles. The van der Waals surface area contributed by atoms with Crippen LogP contribution in [0.1, 0.15) is 57.9 Å². The lowest BCUT2D eigenvalue weighted by Gasteiger charge is -2.38. The van der Waals surface area contributed by atoms with Crippen molar-refractivity contribution in [1.29, 1.82) is 0 Å². The normalized spacial score (nSPS) is 15.0. The van der Waals surface area contributed by atoms with Gasteiger partial charge in [0.1, 0.15) is 0 Å². The van der Waals surface area contributed by atoms with Crippen molar-refractivity contribution in [3.63, 3.8) is 0 Å². The number of benzene rings is 2. The first kappa shape index (κ1) is 26.8. The standard InChI is InChI=1S/C27H36ClN3O4/c1-4-19(16-26(32)33)20-5-10-25(31(17-18(2)3)23-11-13-35-14-12-23)24(15-20)30-27(34)29-22-8-6-21(28)7-9-22/h5-10,15,18-19,23H,4,11-14,16-17H2,1-3H3,(H,32,33)(H2,29,30,34). The van der Waals surface area contributed by atoms with E-state index in [1.165, 1.54) is 0 Å². The van der Waals surface area contributed by atoms with Crippen molar-refractivity contribution in [3.8, 4) is 0 Å². The minimum atomic E-state index is -0.834. The van der Waals surface area contributed by atoms with Crippen LogP contribution in [0.15, 0.2) is 42.5 Å². The minimum absolute atomic E-state index is 0.0436. The van der Waals surface area contributed by atoms with E-state index < -0.39 is 5.97 Å². The molecule has 0 aliphatic carbocycles. The summed E-state index contributed by atoms with van der Waals surface area (Å²) in [6.45, 7) is 8.61. The van der Waals surface area contributed by atoms with Crippen LogP contribution >= 0.6 is 11.6 Å². The van der Waals surface area contributed by atoms with Gasteiger partial charge in [-0.25, -0.2) is 4.79 Å². The number of anilines is 3. The van der Waals surface area contributed by atoms with Crippen LogP contribution in [0.5, 0.6) is 0 Å². The number of urea groups is 1. The average Bonchev–Trinajstić information content (AvgIpc) is 2.83. The molecule has 3 N–H and O–H groups in total. The van der Waals surface area contributed by atoms with Crippen LogP contribution in [-0.2, 0) is 9.53 Å². The summed E-state index contributed by atoms with van der Waals surface area (Å²) < 4.78 is 5.59. The summed E-state index contributed by atoms with van der Waals surface area (Å²) in [7, 11) is 0. The van der Waals surface area contributed by atoms with Gasteiger partial charge in [0.2, 0.25) is 0 Å². The van der Waals surface area contributed by atoms with Crippen LogP contribution in [0.25, 0.3) is 0 Å². The number of nitrogens with one attached hydrogen (secondary N) is 2. The third-order valence-corrected chi connectivity index (χ3v) is 6.51. The molecule has 0 radical (unpaired) electrons. The minimum Gasteiger partial charge on any atom is -0.481 e. The third kappa shape index (κ3) is 7.87. The van der Waals surface area contributed by atoms with Crippen molar-refractivity contribution in [2.24, 2.45) is 5.92 Å². The molecule has 35 heavy (non-hydrogen) atoms. The number of hydrogen-bond acceptors (Lipinski definition) is 4. The highest BCUT2D eigenvalue weighted by atomic mass is 35.5. The zero-order valence-electron chi connectivity index (χ0n) is 20.7. The van der Waals surface area contributed by atoms with E-state index in [2.05, 4.69) is 29.4 Å². The SMILES string of the molecule is CCC(CC(=O)O)c1ccc(N(CC(C)C)C2CCOCC2)c(NC(=O)Nc2ccc(Cl)cc2)c1. The number of carbonyl (C=O) groups excluding carboxylic acids is 1. The Morgan fingerprint density at radius 3 is 2.40 bits per heavy atom. The van der Waals surface area contributed by atoms with E-state index in [0.717, 1.165) is 30.6 Å². The number of rotatable bonds is 10. The molecule has 1 heterocycles. The van der Waals surface area contributed by atoms with Crippen LogP contribution in [0.3, 0.4) is 0 Å². The molecule has 8 heteroatoms. The average molecular weight is 502 g/mol. The third-order valence-electron chi connectivity index (χ3n) is 6.26. The summed E-state index contributed by atoms with van der Waals surface area (Å²) in [5.41, 5.74) is 3.14. The molecular weight excluding hydrogens is 466 g/mol. The molecule has 1 aliphatic heterocycles. The van der Waals surface area contributed by atoms with Gasteiger partial charge in [-0.05, 0) is 73.1 Å². The zero-order chi connectivity index (χ0) is 25.4. The predicted octanol–water partition coefficient (Wildman–Crippen LogP) is 6.59. The van der Waals surface area contributed by atoms with E-state index in [9.17, 15) is 14.7 Å². The van der Waals surface area contributed by atoms with Crippen LogP contribution in [-0.4, -0.2) is 42.9 Å². The van der Waals surface area contributed by atoms with E-state index in [-0.39, 0.29) is 18.4 Å². The molecular formula is C27H36ClN3O4. The van der Waals surface area contributed by atoms with Gasteiger partial charge in [0.05, 0.1) is 17.8 Å². The molecule has 1 atom stereocenters. The maximum Gasteiger partial charge on any atom is 0.323 e. The Bertz CT molecular complexity index is 990. The van der Waals surface area contributed by atoms with Gasteiger partial charge in [0, 0.05) is 36.5 Å². The summed E-state index contributed by atoms with van der Waals surface area (Å²) in [5, 5.41) is 15.9. The highest BCUT2D eigenvalue weighted by Gasteiger charge is 2.26. The summed E-state index contributed by atoms with van der Waals surface area (Å²) in [6.07, 6.45) is 2.57.